The van der Waals surface area contributed by atoms with Crippen LogP contribution < -0.4 is 15.5 Å². The number of rotatable bonds is 5. The minimum atomic E-state index is -2.92. The third kappa shape index (κ3) is 5.17. The Balaban J connectivity index is 1.45. The summed E-state index contributed by atoms with van der Waals surface area (Å²) >= 11 is 0. The molecule has 0 aliphatic carbocycles. The molecule has 2 aliphatic heterocycles. The number of sulfone groups is 1. The summed E-state index contributed by atoms with van der Waals surface area (Å²) in [5, 5.41) is 5.87. The number of likely N-dealkylation sites (N-methyl/N-ethyl adjacent to an activating group) is 1. The molecule has 1 unspecified atom stereocenters. The van der Waals surface area contributed by atoms with Gasteiger partial charge in [-0.15, -0.1) is 0 Å². The van der Waals surface area contributed by atoms with Crippen LogP contribution in [0, 0.1) is 0 Å². The first-order chi connectivity index (χ1) is 11.9. The van der Waals surface area contributed by atoms with Crippen LogP contribution in [0.15, 0.2) is 24.3 Å². The van der Waals surface area contributed by atoms with Gasteiger partial charge in [-0.3, -0.25) is 4.79 Å². The Morgan fingerprint density at radius 3 is 2.44 bits per heavy atom. The molecule has 0 bridgehead atoms. The van der Waals surface area contributed by atoms with E-state index in [0.717, 1.165) is 31.9 Å². The predicted octanol–water partition coefficient (Wildman–Crippen LogP) is 0.154. The summed E-state index contributed by atoms with van der Waals surface area (Å²) in [6.07, 6.45) is 0.579. The molecule has 0 saturated carbocycles. The van der Waals surface area contributed by atoms with Crippen molar-refractivity contribution in [1.29, 1.82) is 0 Å². The number of benzene rings is 1. The average Bonchev–Trinajstić information content (AvgIpc) is 2.94. The summed E-state index contributed by atoms with van der Waals surface area (Å²) in [5.74, 6) is 0.177. The highest BCUT2D eigenvalue weighted by Crippen LogP contribution is 2.19. The Kier molecular flexibility index (Phi) is 5.61. The van der Waals surface area contributed by atoms with E-state index >= 15 is 0 Å². The molecule has 138 valence electrons. The van der Waals surface area contributed by atoms with Crippen LogP contribution in [0.1, 0.15) is 6.42 Å². The van der Waals surface area contributed by atoms with Gasteiger partial charge in [-0.1, -0.05) is 0 Å². The number of hydrogen-bond acceptors (Lipinski definition) is 6. The molecule has 1 aromatic rings. The largest absolute Gasteiger partial charge is 0.369 e. The molecule has 7 nitrogen and oxygen atoms in total. The molecule has 2 saturated heterocycles. The topological polar surface area (TPSA) is 81.8 Å². The van der Waals surface area contributed by atoms with Crippen LogP contribution in [0.25, 0.3) is 0 Å². The first-order valence-corrected chi connectivity index (χ1v) is 10.5. The maximum absolute atomic E-state index is 12.0. The van der Waals surface area contributed by atoms with E-state index in [1.54, 1.807) is 0 Å². The number of nitrogens with zero attached hydrogens (tertiary/aromatic N) is 2. The van der Waals surface area contributed by atoms with Gasteiger partial charge in [0, 0.05) is 43.6 Å². The maximum Gasteiger partial charge on any atom is 0.238 e. The Morgan fingerprint density at radius 1 is 1.16 bits per heavy atom. The van der Waals surface area contributed by atoms with Gasteiger partial charge >= 0.3 is 0 Å². The van der Waals surface area contributed by atoms with E-state index in [1.807, 2.05) is 24.3 Å². The summed E-state index contributed by atoms with van der Waals surface area (Å²) < 4.78 is 22.8. The van der Waals surface area contributed by atoms with Crippen molar-refractivity contribution in [2.24, 2.45) is 0 Å². The van der Waals surface area contributed by atoms with Crippen LogP contribution >= 0.6 is 0 Å². The maximum atomic E-state index is 12.0. The van der Waals surface area contributed by atoms with Crippen LogP contribution in [-0.4, -0.2) is 76.5 Å². The van der Waals surface area contributed by atoms with E-state index in [1.165, 1.54) is 5.69 Å². The standard InChI is InChI=1S/C17H26N4O3S/c1-20-7-9-21(10-8-20)16-4-2-14(3-5-16)19-17(22)12-18-15-6-11-25(23,24)13-15/h2-5,15,18H,6-13H2,1H3,(H,19,22). The van der Waals surface area contributed by atoms with Crippen molar-refractivity contribution in [1.82, 2.24) is 10.2 Å². The molecular formula is C17H26N4O3S. The Morgan fingerprint density at radius 2 is 1.84 bits per heavy atom. The molecule has 2 N–H and O–H groups in total. The summed E-state index contributed by atoms with van der Waals surface area (Å²) in [5.41, 5.74) is 1.92. The SMILES string of the molecule is CN1CCN(c2ccc(NC(=O)CNC3CCS(=O)(=O)C3)cc2)CC1. The van der Waals surface area contributed by atoms with Gasteiger partial charge in [-0.2, -0.15) is 0 Å². The number of piperazine rings is 1. The van der Waals surface area contributed by atoms with Crippen molar-refractivity contribution in [3.8, 4) is 0 Å². The summed E-state index contributed by atoms with van der Waals surface area (Å²) in [4.78, 5) is 16.7. The molecular weight excluding hydrogens is 340 g/mol. The summed E-state index contributed by atoms with van der Waals surface area (Å²) in [6, 6.07) is 7.75. The summed E-state index contributed by atoms with van der Waals surface area (Å²) in [6.45, 7) is 4.26. The van der Waals surface area contributed by atoms with Crippen molar-refractivity contribution in [2.45, 2.75) is 12.5 Å². The molecule has 0 aromatic heterocycles. The fraction of sp³-hybridized carbons (Fsp3) is 0.588. The van der Waals surface area contributed by atoms with Gasteiger partial charge < -0.3 is 20.4 Å². The van der Waals surface area contributed by atoms with Crippen molar-refractivity contribution < 1.29 is 13.2 Å². The van der Waals surface area contributed by atoms with Crippen LogP contribution in [0.5, 0.6) is 0 Å². The quantitative estimate of drug-likeness (QED) is 0.772. The third-order valence-electron chi connectivity index (χ3n) is 4.80. The van der Waals surface area contributed by atoms with Gasteiger partial charge in [-0.25, -0.2) is 8.42 Å². The molecule has 1 aromatic carbocycles. The second-order valence-corrected chi connectivity index (χ2v) is 9.09. The number of nitrogens with one attached hydrogen (secondary N) is 2. The minimum absolute atomic E-state index is 0.115. The Labute approximate surface area is 149 Å². The van der Waals surface area contributed by atoms with Crippen LogP contribution in [0.3, 0.4) is 0 Å². The lowest BCUT2D eigenvalue weighted by Crippen LogP contribution is -2.44. The van der Waals surface area contributed by atoms with E-state index < -0.39 is 9.84 Å². The zero-order valence-electron chi connectivity index (χ0n) is 14.6. The number of carbonyl (C=O) groups is 1. The predicted molar refractivity (Wildman–Crippen MR) is 99.8 cm³/mol. The molecule has 3 rings (SSSR count). The number of hydrogen-bond donors (Lipinski definition) is 2. The molecule has 25 heavy (non-hydrogen) atoms. The van der Waals surface area contributed by atoms with E-state index in [2.05, 4.69) is 27.5 Å². The van der Waals surface area contributed by atoms with E-state index in [-0.39, 0.29) is 30.0 Å². The van der Waals surface area contributed by atoms with Gasteiger partial charge in [0.15, 0.2) is 9.84 Å². The van der Waals surface area contributed by atoms with Gasteiger partial charge in [-0.05, 0) is 37.7 Å². The zero-order chi connectivity index (χ0) is 17.9. The highest BCUT2D eigenvalue weighted by molar-refractivity contribution is 7.91. The first kappa shape index (κ1) is 18.2. The third-order valence-corrected chi connectivity index (χ3v) is 6.57. The van der Waals surface area contributed by atoms with Gasteiger partial charge in [0.2, 0.25) is 5.91 Å². The second-order valence-electron chi connectivity index (χ2n) is 6.87. The van der Waals surface area contributed by atoms with E-state index in [0.29, 0.717) is 6.42 Å². The first-order valence-electron chi connectivity index (χ1n) is 8.68. The Bertz CT molecular complexity index is 697. The van der Waals surface area contributed by atoms with Crippen molar-refractivity contribution >= 4 is 27.1 Å². The molecule has 0 spiro atoms. The lowest BCUT2D eigenvalue weighted by atomic mass is 10.2. The molecule has 1 amide bonds. The number of anilines is 2. The Hall–Kier alpha value is -1.64. The fourth-order valence-electron chi connectivity index (χ4n) is 3.22. The van der Waals surface area contributed by atoms with Crippen molar-refractivity contribution in [3.63, 3.8) is 0 Å². The van der Waals surface area contributed by atoms with Crippen LogP contribution in [0.2, 0.25) is 0 Å². The lowest BCUT2D eigenvalue weighted by molar-refractivity contribution is -0.115. The highest BCUT2D eigenvalue weighted by Gasteiger charge is 2.27. The lowest BCUT2D eigenvalue weighted by Gasteiger charge is -2.34. The average molecular weight is 366 g/mol. The second kappa shape index (κ2) is 7.72. The van der Waals surface area contributed by atoms with Gasteiger partial charge in [0.1, 0.15) is 0 Å². The van der Waals surface area contributed by atoms with Gasteiger partial charge in [0.05, 0.1) is 18.1 Å². The molecule has 2 heterocycles. The van der Waals surface area contributed by atoms with E-state index in [9.17, 15) is 13.2 Å². The van der Waals surface area contributed by atoms with Crippen molar-refractivity contribution in [3.05, 3.63) is 24.3 Å². The minimum Gasteiger partial charge on any atom is -0.369 e. The monoisotopic (exact) mass is 366 g/mol. The van der Waals surface area contributed by atoms with Crippen LogP contribution in [-0.2, 0) is 14.6 Å². The molecule has 8 heteroatoms. The fourth-order valence-corrected chi connectivity index (χ4v) is 4.93. The summed E-state index contributed by atoms with van der Waals surface area (Å²) in [7, 11) is -0.793. The van der Waals surface area contributed by atoms with Crippen molar-refractivity contribution in [2.75, 3.05) is 61.5 Å². The highest BCUT2D eigenvalue weighted by atomic mass is 32.2. The molecule has 0 radical (unpaired) electrons. The van der Waals surface area contributed by atoms with Crippen LogP contribution in [0.4, 0.5) is 11.4 Å². The molecule has 1 atom stereocenters. The number of carbonyl (C=O) groups excluding carboxylic acids is 1. The normalized spacial score (nSPS) is 23.6. The zero-order valence-corrected chi connectivity index (χ0v) is 15.4. The number of amides is 1. The van der Waals surface area contributed by atoms with Gasteiger partial charge in [0.25, 0.3) is 0 Å². The molecule has 2 aliphatic rings. The van der Waals surface area contributed by atoms with E-state index in [4.69, 9.17) is 0 Å². The molecule has 2 fully saturated rings. The smallest absolute Gasteiger partial charge is 0.238 e.